The van der Waals surface area contributed by atoms with Gasteiger partial charge in [0.25, 0.3) is 0 Å². The number of hydrogen-bond acceptors (Lipinski definition) is 3. The maximum Gasteiger partial charge on any atom is 0.407 e. The summed E-state index contributed by atoms with van der Waals surface area (Å²) >= 11 is 0. The third-order valence-electron chi connectivity index (χ3n) is 6.88. The van der Waals surface area contributed by atoms with Gasteiger partial charge in [-0.25, -0.2) is 4.79 Å². The molecule has 2 atom stereocenters. The zero-order valence-corrected chi connectivity index (χ0v) is 16.1. The summed E-state index contributed by atoms with van der Waals surface area (Å²) in [6.07, 6.45) is 6.71. The molecule has 3 aliphatic rings. The van der Waals surface area contributed by atoms with E-state index in [2.05, 4.69) is 52.0 Å². The molecule has 0 aliphatic carbocycles. The lowest BCUT2D eigenvalue weighted by Crippen LogP contribution is -2.50. The van der Waals surface area contributed by atoms with Crippen LogP contribution in [-0.4, -0.2) is 42.3 Å². The maximum atomic E-state index is 11.8. The fraction of sp³-hybridized carbons (Fsp3) is 0.500. The predicted octanol–water partition coefficient (Wildman–Crippen LogP) is 3.94. The van der Waals surface area contributed by atoms with Gasteiger partial charge in [-0.2, -0.15) is 0 Å². The van der Waals surface area contributed by atoms with Gasteiger partial charge >= 0.3 is 6.09 Å². The van der Waals surface area contributed by atoms with E-state index >= 15 is 0 Å². The number of nitrogens with zero attached hydrogens (tertiary/aromatic N) is 2. The van der Waals surface area contributed by atoms with Crippen molar-refractivity contribution < 1.29 is 9.53 Å². The van der Waals surface area contributed by atoms with Gasteiger partial charge in [0.05, 0.1) is 17.3 Å². The number of para-hydroxylation sites is 1. The number of alkyl carbamates (subject to hydrolysis) is 1. The van der Waals surface area contributed by atoms with E-state index in [0.717, 1.165) is 25.1 Å². The third-order valence-corrected chi connectivity index (χ3v) is 6.88. The predicted molar refractivity (Wildman–Crippen MR) is 107 cm³/mol. The van der Waals surface area contributed by atoms with Gasteiger partial charge in [0.1, 0.15) is 6.61 Å². The minimum atomic E-state index is -0.376. The Hall–Kier alpha value is -2.27. The van der Waals surface area contributed by atoms with Crippen molar-refractivity contribution in [1.82, 2.24) is 14.8 Å². The van der Waals surface area contributed by atoms with Crippen molar-refractivity contribution in [1.29, 1.82) is 0 Å². The van der Waals surface area contributed by atoms with Gasteiger partial charge in [-0.3, -0.25) is 4.90 Å². The number of ether oxygens (including phenoxy) is 1. The lowest BCUT2D eigenvalue weighted by molar-refractivity contribution is 0.0261. The molecule has 5 rings (SSSR count). The second-order valence-electron chi connectivity index (χ2n) is 8.06. The van der Waals surface area contributed by atoms with Crippen molar-refractivity contribution in [3.05, 3.63) is 41.6 Å². The van der Waals surface area contributed by atoms with Crippen LogP contribution in [0.4, 0.5) is 4.79 Å². The Bertz CT molecular complexity index is 944. The first-order valence-corrected chi connectivity index (χ1v) is 10.1. The zero-order valence-electron chi connectivity index (χ0n) is 16.1. The molecule has 3 aliphatic heterocycles. The first-order valence-electron chi connectivity index (χ1n) is 10.1. The van der Waals surface area contributed by atoms with Crippen LogP contribution in [0.5, 0.6) is 0 Å². The molecule has 0 bridgehead atoms. The second kappa shape index (κ2) is 6.13. The van der Waals surface area contributed by atoms with Crippen molar-refractivity contribution in [2.24, 2.45) is 5.41 Å². The van der Waals surface area contributed by atoms with Crippen LogP contribution >= 0.6 is 0 Å². The van der Waals surface area contributed by atoms with Crippen LogP contribution in [0.2, 0.25) is 0 Å². The molecule has 1 aromatic carbocycles. The normalized spacial score (nSPS) is 26.4. The number of carbonyl (C=O) groups is 1. The van der Waals surface area contributed by atoms with Gasteiger partial charge in [-0.05, 0) is 43.9 Å². The van der Waals surface area contributed by atoms with E-state index in [-0.39, 0.29) is 11.5 Å². The van der Waals surface area contributed by atoms with Crippen molar-refractivity contribution in [3.63, 3.8) is 0 Å². The van der Waals surface area contributed by atoms with E-state index in [1.165, 1.54) is 41.5 Å². The molecule has 5 heteroatoms. The van der Waals surface area contributed by atoms with Gasteiger partial charge in [-0.15, -0.1) is 0 Å². The molecule has 4 heterocycles. The smallest absolute Gasteiger partial charge is 0.407 e. The van der Waals surface area contributed by atoms with Crippen LogP contribution in [0.1, 0.15) is 43.5 Å². The minimum Gasteiger partial charge on any atom is -0.443 e. The number of amides is 1. The Morgan fingerprint density at radius 2 is 2.19 bits per heavy atom. The highest BCUT2D eigenvalue weighted by Crippen LogP contribution is 2.56. The van der Waals surface area contributed by atoms with Crippen molar-refractivity contribution in [2.45, 2.75) is 38.6 Å². The van der Waals surface area contributed by atoms with Gasteiger partial charge in [0.2, 0.25) is 0 Å². The summed E-state index contributed by atoms with van der Waals surface area (Å²) in [7, 11) is 1.60. The molecule has 27 heavy (non-hydrogen) atoms. The Morgan fingerprint density at radius 1 is 1.33 bits per heavy atom. The highest BCUT2D eigenvalue weighted by atomic mass is 16.5. The number of carbonyl (C=O) groups excluding carboxylic acids is 1. The van der Waals surface area contributed by atoms with E-state index < -0.39 is 0 Å². The average Bonchev–Trinajstić information content (AvgIpc) is 3.06. The first kappa shape index (κ1) is 16.9. The fourth-order valence-corrected chi connectivity index (χ4v) is 5.71. The van der Waals surface area contributed by atoms with E-state index in [0.29, 0.717) is 12.6 Å². The Balaban J connectivity index is 1.74. The molecule has 1 N–H and O–H groups in total. The van der Waals surface area contributed by atoms with Gasteiger partial charge < -0.3 is 14.6 Å². The third kappa shape index (κ3) is 2.30. The molecule has 0 unspecified atom stereocenters. The number of benzene rings is 1. The van der Waals surface area contributed by atoms with E-state index in [4.69, 9.17) is 4.74 Å². The molecule has 142 valence electrons. The molecule has 1 saturated heterocycles. The summed E-state index contributed by atoms with van der Waals surface area (Å²) in [4.78, 5) is 14.4. The summed E-state index contributed by atoms with van der Waals surface area (Å²) in [5.41, 5.74) is 5.43. The summed E-state index contributed by atoms with van der Waals surface area (Å²) < 4.78 is 7.90. The number of fused-ring (bicyclic) bond motifs is 3. The zero-order chi connectivity index (χ0) is 18.6. The monoisotopic (exact) mass is 365 g/mol. The largest absolute Gasteiger partial charge is 0.443 e. The number of hydrogen-bond donors (Lipinski definition) is 1. The van der Waals surface area contributed by atoms with Crippen LogP contribution in [-0.2, 0) is 11.2 Å². The fourth-order valence-electron chi connectivity index (χ4n) is 5.71. The van der Waals surface area contributed by atoms with Crippen LogP contribution in [0.25, 0.3) is 16.6 Å². The number of rotatable bonds is 3. The van der Waals surface area contributed by atoms with E-state index in [1.54, 1.807) is 7.05 Å². The number of nitrogens with one attached hydrogen (secondary N) is 1. The van der Waals surface area contributed by atoms with Gasteiger partial charge in [0.15, 0.2) is 0 Å². The summed E-state index contributed by atoms with van der Waals surface area (Å²) in [6, 6.07) is 9.13. The maximum absolute atomic E-state index is 11.8. The molecule has 0 radical (unpaired) electrons. The molecule has 5 nitrogen and oxygen atoms in total. The molecule has 1 aromatic heterocycles. The molecule has 0 spiro atoms. The number of aromatic nitrogens is 1. The van der Waals surface area contributed by atoms with Crippen LogP contribution in [0, 0.1) is 5.41 Å². The van der Waals surface area contributed by atoms with E-state index in [1.807, 2.05) is 0 Å². The molecule has 2 aromatic rings. The molecular formula is C22H27N3O2. The van der Waals surface area contributed by atoms with Crippen molar-refractivity contribution in [2.75, 3.05) is 26.7 Å². The molecule has 1 amide bonds. The van der Waals surface area contributed by atoms with Gasteiger partial charge in [-0.1, -0.05) is 31.2 Å². The quantitative estimate of drug-likeness (QED) is 0.896. The topological polar surface area (TPSA) is 46.5 Å². The summed E-state index contributed by atoms with van der Waals surface area (Å²) in [6.45, 7) is 4.94. The SMILES string of the molecule is CC[C@@]12C=C(COC(=O)NC)n3c4c(c5ccccc53)CCN(CCC1)[C@H]42. The summed E-state index contributed by atoms with van der Waals surface area (Å²) in [5.74, 6) is 0. The van der Waals surface area contributed by atoms with Crippen molar-refractivity contribution >= 4 is 22.7 Å². The highest BCUT2D eigenvalue weighted by molar-refractivity contribution is 5.90. The Labute approximate surface area is 160 Å². The second-order valence-corrected chi connectivity index (χ2v) is 8.06. The van der Waals surface area contributed by atoms with Crippen molar-refractivity contribution in [3.8, 4) is 0 Å². The van der Waals surface area contributed by atoms with Gasteiger partial charge in [0, 0.05) is 30.1 Å². The Kier molecular flexibility index (Phi) is 3.83. The molecule has 0 saturated carbocycles. The molecular weight excluding hydrogens is 338 g/mol. The number of piperidine rings is 1. The van der Waals surface area contributed by atoms with Crippen LogP contribution in [0.15, 0.2) is 30.3 Å². The summed E-state index contributed by atoms with van der Waals surface area (Å²) in [5, 5.41) is 3.92. The lowest BCUT2D eigenvalue weighted by atomic mass is 9.66. The average molecular weight is 365 g/mol. The van der Waals surface area contributed by atoms with Crippen LogP contribution < -0.4 is 5.32 Å². The minimum absolute atomic E-state index is 0.138. The Morgan fingerprint density at radius 3 is 3.00 bits per heavy atom. The van der Waals surface area contributed by atoms with Crippen LogP contribution in [0.3, 0.4) is 0 Å². The first-order chi connectivity index (χ1) is 13.2. The lowest BCUT2D eigenvalue weighted by Gasteiger charge is -2.53. The molecule has 1 fully saturated rings. The standard InChI is InChI=1S/C22H27N3O2/c1-3-22-10-6-11-24-12-9-17-16-7-4-5-8-18(16)25(19(17)20(22)24)15(13-22)14-27-21(26)23-2/h4-5,7-8,13,20H,3,6,9-12,14H2,1-2H3,(H,23,26)/t20-,22+/m1/s1. The highest BCUT2D eigenvalue weighted by Gasteiger charge is 2.50. The van der Waals surface area contributed by atoms with E-state index in [9.17, 15) is 4.79 Å².